The molecule has 0 spiro atoms. The van der Waals surface area contributed by atoms with Crippen LogP contribution in [0.25, 0.3) is 0 Å². The van der Waals surface area contributed by atoms with Gasteiger partial charge in [-0.1, -0.05) is 12.1 Å². The Morgan fingerprint density at radius 2 is 1.88 bits per heavy atom. The number of nitrogens with zero attached hydrogens (tertiary/aromatic N) is 3. The number of hydrogen-bond donors (Lipinski definition) is 1. The molecule has 2 rings (SSSR count). The number of thiophene rings is 2. The maximum atomic E-state index is 4.89. The van der Waals surface area contributed by atoms with Gasteiger partial charge < -0.3 is 15.1 Å². The number of aliphatic imine (C=N–C) groups is 1. The highest BCUT2D eigenvalue weighted by Gasteiger charge is 2.15. The van der Waals surface area contributed by atoms with E-state index in [0.29, 0.717) is 6.04 Å². The molecule has 2 aromatic rings. The predicted octanol–water partition coefficient (Wildman–Crippen LogP) is 4.17. The van der Waals surface area contributed by atoms with E-state index >= 15 is 0 Å². The van der Waals surface area contributed by atoms with Crippen LogP contribution in [0, 0.1) is 0 Å². The average molecular weight is 492 g/mol. The maximum absolute atomic E-state index is 4.89. The third-order valence-electron chi connectivity index (χ3n) is 3.88. The van der Waals surface area contributed by atoms with Gasteiger partial charge in [-0.2, -0.15) is 0 Å². The summed E-state index contributed by atoms with van der Waals surface area (Å²) in [6.07, 6.45) is 1.06. The number of nitrogens with one attached hydrogen (secondary N) is 1. The van der Waals surface area contributed by atoms with Crippen molar-refractivity contribution >= 4 is 52.6 Å². The van der Waals surface area contributed by atoms with E-state index in [1.54, 1.807) is 11.3 Å². The number of rotatable bonds is 8. The average Bonchev–Trinajstić information content (AvgIpc) is 3.25. The van der Waals surface area contributed by atoms with E-state index in [1.807, 2.05) is 11.3 Å². The van der Waals surface area contributed by atoms with E-state index in [9.17, 15) is 0 Å². The SMILES string of the molecule is CCNC(=NCC(c1cccs1)N(C)C)N(C)CCc1cccs1.I. The minimum atomic E-state index is 0. The molecule has 4 nitrogen and oxygen atoms in total. The Kier molecular flexibility index (Phi) is 10.6. The third-order valence-corrected chi connectivity index (χ3v) is 5.79. The van der Waals surface area contributed by atoms with Gasteiger partial charge in [0, 0.05) is 29.9 Å². The van der Waals surface area contributed by atoms with Crippen molar-refractivity contribution in [3.8, 4) is 0 Å². The highest BCUT2D eigenvalue weighted by atomic mass is 127. The lowest BCUT2D eigenvalue weighted by Gasteiger charge is -2.25. The van der Waals surface area contributed by atoms with Gasteiger partial charge in [0.2, 0.25) is 0 Å². The van der Waals surface area contributed by atoms with Gasteiger partial charge in [-0.3, -0.25) is 4.99 Å². The molecule has 0 saturated carbocycles. The quantitative estimate of drug-likeness (QED) is 0.341. The Balaban J connectivity index is 0.00000312. The van der Waals surface area contributed by atoms with Crippen molar-refractivity contribution in [2.75, 3.05) is 40.8 Å². The maximum Gasteiger partial charge on any atom is 0.193 e. The standard InChI is InChI=1S/C18H28N4S2.HI/c1-5-19-18(22(4)11-10-15-8-6-12-23-15)20-14-16(21(2)3)17-9-7-13-24-17;/h6-9,12-13,16H,5,10-11,14H2,1-4H3,(H,19,20);1H. The predicted molar refractivity (Wildman–Crippen MR) is 123 cm³/mol. The molecule has 2 heterocycles. The molecule has 0 aliphatic rings. The van der Waals surface area contributed by atoms with Crippen molar-refractivity contribution in [2.24, 2.45) is 4.99 Å². The van der Waals surface area contributed by atoms with Gasteiger partial charge in [-0.05, 0) is 50.3 Å². The van der Waals surface area contributed by atoms with Gasteiger partial charge in [-0.15, -0.1) is 46.7 Å². The molecule has 0 fully saturated rings. The zero-order valence-corrected chi connectivity index (χ0v) is 19.4. The Hall–Kier alpha value is -0.640. The molecule has 0 bridgehead atoms. The van der Waals surface area contributed by atoms with Crippen LogP contribution in [0.3, 0.4) is 0 Å². The van der Waals surface area contributed by atoms with Crippen molar-refractivity contribution in [3.63, 3.8) is 0 Å². The first kappa shape index (κ1) is 22.4. The second-order valence-corrected chi connectivity index (χ2v) is 7.95. The van der Waals surface area contributed by atoms with Gasteiger partial charge in [0.05, 0.1) is 12.6 Å². The van der Waals surface area contributed by atoms with Crippen LogP contribution in [0.2, 0.25) is 0 Å². The molecule has 0 aliphatic carbocycles. The molecule has 1 unspecified atom stereocenters. The highest BCUT2D eigenvalue weighted by Crippen LogP contribution is 2.23. The van der Waals surface area contributed by atoms with Crippen LogP contribution in [0.15, 0.2) is 40.0 Å². The van der Waals surface area contributed by atoms with Gasteiger partial charge >= 0.3 is 0 Å². The van der Waals surface area contributed by atoms with Crippen molar-refractivity contribution in [1.29, 1.82) is 0 Å². The Bertz CT molecular complexity index is 597. The van der Waals surface area contributed by atoms with E-state index < -0.39 is 0 Å². The van der Waals surface area contributed by atoms with E-state index in [1.165, 1.54) is 9.75 Å². The summed E-state index contributed by atoms with van der Waals surface area (Å²) in [6.45, 7) is 4.73. The minimum Gasteiger partial charge on any atom is -0.357 e. The van der Waals surface area contributed by atoms with E-state index in [2.05, 4.69) is 78.2 Å². The molecular formula is C18H29IN4S2. The molecule has 25 heavy (non-hydrogen) atoms. The van der Waals surface area contributed by atoms with Crippen LogP contribution < -0.4 is 5.32 Å². The zero-order valence-electron chi connectivity index (χ0n) is 15.4. The number of hydrogen-bond acceptors (Lipinski definition) is 4. The topological polar surface area (TPSA) is 30.9 Å². The van der Waals surface area contributed by atoms with Crippen LogP contribution in [0.5, 0.6) is 0 Å². The van der Waals surface area contributed by atoms with Crippen LogP contribution in [-0.4, -0.2) is 56.5 Å². The highest BCUT2D eigenvalue weighted by molar-refractivity contribution is 14.0. The molecule has 140 valence electrons. The third kappa shape index (κ3) is 7.24. The fourth-order valence-corrected chi connectivity index (χ4v) is 4.08. The Labute approximate surface area is 177 Å². The summed E-state index contributed by atoms with van der Waals surface area (Å²) < 4.78 is 0. The van der Waals surface area contributed by atoms with Crippen LogP contribution >= 0.6 is 46.7 Å². The van der Waals surface area contributed by atoms with Crippen LogP contribution in [0.4, 0.5) is 0 Å². The van der Waals surface area contributed by atoms with E-state index in [4.69, 9.17) is 4.99 Å². The fraction of sp³-hybridized carbons (Fsp3) is 0.500. The lowest BCUT2D eigenvalue weighted by molar-refractivity contribution is 0.309. The molecular weight excluding hydrogens is 463 g/mol. The molecule has 0 aromatic carbocycles. The van der Waals surface area contributed by atoms with Crippen molar-refractivity contribution in [3.05, 3.63) is 44.8 Å². The summed E-state index contributed by atoms with van der Waals surface area (Å²) in [5, 5.41) is 7.69. The van der Waals surface area contributed by atoms with Crippen LogP contribution in [0.1, 0.15) is 22.7 Å². The molecule has 1 N–H and O–H groups in total. The first-order valence-electron chi connectivity index (χ1n) is 8.33. The smallest absolute Gasteiger partial charge is 0.193 e. The van der Waals surface area contributed by atoms with E-state index in [0.717, 1.165) is 32.0 Å². The fourth-order valence-electron chi connectivity index (χ4n) is 2.47. The van der Waals surface area contributed by atoms with Gasteiger partial charge in [0.25, 0.3) is 0 Å². The first-order valence-corrected chi connectivity index (χ1v) is 10.1. The summed E-state index contributed by atoms with van der Waals surface area (Å²) >= 11 is 3.62. The number of halogens is 1. The van der Waals surface area contributed by atoms with Gasteiger partial charge in [0.1, 0.15) is 0 Å². The Morgan fingerprint density at radius 1 is 1.16 bits per heavy atom. The summed E-state index contributed by atoms with van der Waals surface area (Å²) in [7, 11) is 6.35. The molecule has 0 amide bonds. The molecule has 0 saturated heterocycles. The lowest BCUT2D eigenvalue weighted by Crippen LogP contribution is -2.40. The number of guanidine groups is 1. The van der Waals surface area contributed by atoms with E-state index in [-0.39, 0.29) is 24.0 Å². The second-order valence-electron chi connectivity index (χ2n) is 5.94. The summed E-state index contributed by atoms with van der Waals surface area (Å²) in [6, 6.07) is 8.93. The second kappa shape index (κ2) is 11.9. The minimum absolute atomic E-state index is 0. The zero-order chi connectivity index (χ0) is 17.4. The number of likely N-dealkylation sites (N-methyl/N-ethyl adjacent to an activating group) is 2. The Morgan fingerprint density at radius 3 is 2.44 bits per heavy atom. The molecule has 7 heteroatoms. The van der Waals surface area contributed by atoms with Crippen LogP contribution in [-0.2, 0) is 6.42 Å². The largest absolute Gasteiger partial charge is 0.357 e. The molecule has 0 aliphatic heterocycles. The van der Waals surface area contributed by atoms with Crippen molar-refractivity contribution in [2.45, 2.75) is 19.4 Å². The van der Waals surface area contributed by atoms with Crippen molar-refractivity contribution in [1.82, 2.24) is 15.1 Å². The van der Waals surface area contributed by atoms with Gasteiger partial charge in [0.15, 0.2) is 5.96 Å². The molecule has 0 radical (unpaired) electrons. The lowest BCUT2D eigenvalue weighted by atomic mass is 10.2. The van der Waals surface area contributed by atoms with Gasteiger partial charge in [-0.25, -0.2) is 0 Å². The normalized spacial score (nSPS) is 12.8. The molecule has 2 aromatic heterocycles. The molecule has 1 atom stereocenters. The summed E-state index contributed by atoms with van der Waals surface area (Å²) in [5.74, 6) is 0.984. The van der Waals surface area contributed by atoms with Crippen molar-refractivity contribution < 1.29 is 0 Å². The summed E-state index contributed by atoms with van der Waals surface area (Å²) in [5.41, 5.74) is 0. The monoisotopic (exact) mass is 492 g/mol. The first-order chi connectivity index (χ1) is 11.6. The summed E-state index contributed by atoms with van der Waals surface area (Å²) in [4.78, 5) is 12.1.